The van der Waals surface area contributed by atoms with Crippen molar-refractivity contribution < 1.29 is 9.53 Å². The Morgan fingerprint density at radius 3 is 2.12 bits per heavy atom. The average molecular weight is 322 g/mol. The van der Waals surface area contributed by atoms with Crippen LogP contribution in [0, 0.1) is 0 Å². The molecular weight excluding hydrogens is 300 g/mol. The molecule has 0 bridgehead atoms. The fraction of sp³-hybridized carbons (Fsp3) is 0.350. The summed E-state index contributed by atoms with van der Waals surface area (Å²) >= 11 is 0. The second-order valence-electron chi connectivity index (χ2n) is 6.53. The molecule has 1 fully saturated rings. The number of piperidine rings is 1. The first kappa shape index (κ1) is 15.2. The van der Waals surface area contributed by atoms with Crippen molar-refractivity contribution >= 4 is 6.09 Å². The topological polar surface area (TPSA) is 41.6 Å². The van der Waals surface area contributed by atoms with Crippen molar-refractivity contribution in [2.45, 2.75) is 25.0 Å². The number of amides is 1. The van der Waals surface area contributed by atoms with Gasteiger partial charge in [-0.3, -0.25) is 0 Å². The highest BCUT2D eigenvalue weighted by atomic mass is 16.6. The Balaban J connectivity index is 1.59. The highest BCUT2D eigenvalue weighted by Gasteiger charge is 2.33. The molecule has 1 N–H and O–H groups in total. The van der Waals surface area contributed by atoms with Crippen LogP contribution in [0.4, 0.5) is 4.79 Å². The summed E-state index contributed by atoms with van der Waals surface area (Å²) in [6.45, 7) is 1.91. The summed E-state index contributed by atoms with van der Waals surface area (Å²) in [5.41, 5.74) is 4.47. The van der Waals surface area contributed by atoms with Gasteiger partial charge in [0, 0.05) is 24.2 Å². The van der Waals surface area contributed by atoms with Gasteiger partial charge < -0.3 is 15.0 Å². The molecular formula is C20H22N2O2. The minimum Gasteiger partial charge on any atom is -0.436 e. The molecule has 124 valence electrons. The van der Waals surface area contributed by atoms with E-state index >= 15 is 0 Å². The SMILES string of the molecule is CN(C(=O)OC1c2ccccc2-c2ccccc21)C1CCNCC1. The Morgan fingerprint density at radius 1 is 1.00 bits per heavy atom. The van der Waals surface area contributed by atoms with Crippen LogP contribution in [0.15, 0.2) is 48.5 Å². The third-order valence-electron chi connectivity index (χ3n) is 5.14. The van der Waals surface area contributed by atoms with Crippen LogP contribution in [0.5, 0.6) is 0 Å². The normalized spacial score (nSPS) is 17.2. The van der Waals surface area contributed by atoms with E-state index in [9.17, 15) is 4.79 Å². The quantitative estimate of drug-likeness (QED) is 0.919. The van der Waals surface area contributed by atoms with Crippen LogP contribution >= 0.6 is 0 Å². The van der Waals surface area contributed by atoms with Gasteiger partial charge in [0.15, 0.2) is 6.10 Å². The van der Waals surface area contributed by atoms with E-state index in [0.717, 1.165) is 48.2 Å². The molecule has 4 heteroatoms. The van der Waals surface area contributed by atoms with Gasteiger partial charge in [0.25, 0.3) is 0 Å². The molecule has 2 aromatic rings. The molecule has 1 amide bonds. The summed E-state index contributed by atoms with van der Waals surface area (Å²) in [4.78, 5) is 14.5. The molecule has 0 spiro atoms. The zero-order valence-electron chi connectivity index (χ0n) is 13.9. The number of hydrogen-bond donors (Lipinski definition) is 1. The molecule has 2 aliphatic rings. The predicted octanol–water partition coefficient (Wildman–Crippen LogP) is 3.58. The van der Waals surface area contributed by atoms with Crippen LogP contribution in [-0.2, 0) is 4.74 Å². The Bertz CT molecular complexity index is 707. The van der Waals surface area contributed by atoms with E-state index in [4.69, 9.17) is 4.74 Å². The highest BCUT2D eigenvalue weighted by molar-refractivity contribution is 5.79. The minimum atomic E-state index is -0.311. The van der Waals surface area contributed by atoms with Gasteiger partial charge in [-0.15, -0.1) is 0 Å². The fourth-order valence-electron chi connectivity index (χ4n) is 3.76. The lowest BCUT2D eigenvalue weighted by Gasteiger charge is -2.31. The monoisotopic (exact) mass is 322 g/mol. The van der Waals surface area contributed by atoms with E-state index in [1.54, 1.807) is 4.90 Å². The lowest BCUT2D eigenvalue weighted by Crippen LogP contribution is -2.44. The number of nitrogens with zero attached hydrogens (tertiary/aromatic N) is 1. The predicted molar refractivity (Wildman–Crippen MR) is 93.9 cm³/mol. The van der Waals surface area contributed by atoms with E-state index in [1.165, 1.54) is 0 Å². The molecule has 0 aromatic heterocycles. The van der Waals surface area contributed by atoms with Gasteiger partial charge in [0.2, 0.25) is 0 Å². The molecule has 4 nitrogen and oxygen atoms in total. The molecule has 1 saturated heterocycles. The van der Waals surface area contributed by atoms with Gasteiger partial charge in [-0.05, 0) is 37.1 Å². The molecule has 0 radical (unpaired) electrons. The first-order valence-corrected chi connectivity index (χ1v) is 8.58. The fourth-order valence-corrected chi connectivity index (χ4v) is 3.76. The van der Waals surface area contributed by atoms with Crippen molar-refractivity contribution in [3.63, 3.8) is 0 Å². The summed E-state index contributed by atoms with van der Waals surface area (Å²) in [5.74, 6) is 0. The molecule has 24 heavy (non-hydrogen) atoms. The van der Waals surface area contributed by atoms with E-state index in [-0.39, 0.29) is 18.2 Å². The van der Waals surface area contributed by atoms with Gasteiger partial charge in [0.05, 0.1) is 0 Å². The summed E-state index contributed by atoms with van der Waals surface area (Å²) in [7, 11) is 1.85. The second-order valence-corrected chi connectivity index (χ2v) is 6.53. The molecule has 1 heterocycles. The number of fused-ring (bicyclic) bond motifs is 3. The van der Waals surface area contributed by atoms with Crippen molar-refractivity contribution in [1.29, 1.82) is 0 Å². The third kappa shape index (κ3) is 2.57. The van der Waals surface area contributed by atoms with E-state index in [0.29, 0.717) is 0 Å². The van der Waals surface area contributed by atoms with Gasteiger partial charge in [0.1, 0.15) is 0 Å². The minimum absolute atomic E-state index is 0.238. The number of carbonyl (C=O) groups excluding carboxylic acids is 1. The highest BCUT2D eigenvalue weighted by Crippen LogP contribution is 2.45. The maximum absolute atomic E-state index is 12.7. The Hall–Kier alpha value is -2.33. The molecule has 0 atom stereocenters. The number of ether oxygens (including phenoxy) is 1. The number of carbonyl (C=O) groups is 1. The summed E-state index contributed by atoms with van der Waals surface area (Å²) in [6.07, 6.45) is 1.40. The van der Waals surface area contributed by atoms with Crippen molar-refractivity contribution in [2.75, 3.05) is 20.1 Å². The van der Waals surface area contributed by atoms with Crippen LogP contribution in [0.1, 0.15) is 30.1 Å². The molecule has 1 aliphatic carbocycles. The zero-order valence-corrected chi connectivity index (χ0v) is 13.9. The van der Waals surface area contributed by atoms with Crippen molar-refractivity contribution in [2.24, 2.45) is 0 Å². The summed E-state index contributed by atoms with van der Waals surface area (Å²) in [5, 5.41) is 3.33. The van der Waals surface area contributed by atoms with Gasteiger partial charge in [-0.25, -0.2) is 4.79 Å². The summed E-state index contributed by atoms with van der Waals surface area (Å²) < 4.78 is 5.95. The molecule has 0 saturated carbocycles. The Labute approximate surface area is 142 Å². The van der Waals surface area contributed by atoms with Crippen LogP contribution in [0.3, 0.4) is 0 Å². The number of rotatable bonds is 2. The van der Waals surface area contributed by atoms with Crippen molar-refractivity contribution in [1.82, 2.24) is 10.2 Å². The van der Waals surface area contributed by atoms with Gasteiger partial charge >= 0.3 is 6.09 Å². The van der Waals surface area contributed by atoms with E-state index in [2.05, 4.69) is 29.6 Å². The Kier molecular flexibility index (Phi) is 3.98. The molecule has 1 aliphatic heterocycles. The number of nitrogens with one attached hydrogen (secondary N) is 1. The first-order valence-electron chi connectivity index (χ1n) is 8.58. The molecule has 4 rings (SSSR count). The van der Waals surface area contributed by atoms with Crippen LogP contribution in [0.2, 0.25) is 0 Å². The van der Waals surface area contributed by atoms with Crippen LogP contribution < -0.4 is 5.32 Å². The van der Waals surface area contributed by atoms with Crippen LogP contribution in [0.25, 0.3) is 11.1 Å². The Morgan fingerprint density at radius 2 is 1.54 bits per heavy atom. The standard InChI is InChI=1S/C20H22N2O2/c1-22(14-10-12-21-13-11-14)20(23)24-19-17-8-4-2-6-15(17)16-7-3-5-9-18(16)19/h2-9,14,19,21H,10-13H2,1H3. The first-order chi connectivity index (χ1) is 11.8. The van der Waals surface area contributed by atoms with Crippen LogP contribution in [-0.4, -0.2) is 37.2 Å². The number of hydrogen-bond acceptors (Lipinski definition) is 3. The number of benzene rings is 2. The second kappa shape index (κ2) is 6.29. The summed E-state index contributed by atoms with van der Waals surface area (Å²) in [6, 6.07) is 16.6. The maximum atomic E-state index is 12.7. The van der Waals surface area contributed by atoms with Crippen molar-refractivity contribution in [3.8, 4) is 11.1 Å². The third-order valence-corrected chi connectivity index (χ3v) is 5.14. The van der Waals surface area contributed by atoms with E-state index in [1.807, 2.05) is 31.3 Å². The van der Waals surface area contributed by atoms with Gasteiger partial charge in [-0.2, -0.15) is 0 Å². The lowest BCUT2D eigenvalue weighted by atomic mass is 10.1. The van der Waals surface area contributed by atoms with Crippen molar-refractivity contribution in [3.05, 3.63) is 59.7 Å². The smallest absolute Gasteiger partial charge is 0.410 e. The maximum Gasteiger partial charge on any atom is 0.410 e. The molecule has 0 unspecified atom stereocenters. The lowest BCUT2D eigenvalue weighted by molar-refractivity contribution is 0.0692. The largest absolute Gasteiger partial charge is 0.436 e. The molecule has 2 aromatic carbocycles. The average Bonchev–Trinajstić information content (AvgIpc) is 2.96. The van der Waals surface area contributed by atoms with Gasteiger partial charge in [-0.1, -0.05) is 48.5 Å². The van der Waals surface area contributed by atoms with E-state index < -0.39 is 0 Å². The zero-order chi connectivity index (χ0) is 16.5.